The number of H-pyrrole nitrogens is 1. The summed E-state index contributed by atoms with van der Waals surface area (Å²) in [5.41, 5.74) is 1.73. The molecule has 0 atom stereocenters. The number of benzene rings is 1. The molecule has 0 fully saturated rings. The van der Waals surface area contributed by atoms with Crippen LogP contribution in [0.5, 0.6) is 0 Å². The Morgan fingerprint density at radius 2 is 2.11 bits per heavy atom. The predicted octanol–water partition coefficient (Wildman–Crippen LogP) is 1.41. The van der Waals surface area contributed by atoms with Crippen molar-refractivity contribution >= 4 is 11.6 Å². The highest BCUT2D eigenvalue weighted by molar-refractivity contribution is 5.90. The van der Waals surface area contributed by atoms with Crippen molar-refractivity contribution in [2.75, 3.05) is 18.9 Å². The second kappa shape index (κ2) is 6.65. The zero-order valence-electron chi connectivity index (χ0n) is 10.8. The van der Waals surface area contributed by atoms with Crippen LogP contribution in [0.15, 0.2) is 30.6 Å². The molecule has 0 unspecified atom stereocenters. The van der Waals surface area contributed by atoms with E-state index in [4.69, 9.17) is 0 Å². The average Bonchev–Trinajstić information content (AvgIpc) is 2.94. The maximum Gasteiger partial charge on any atom is 0.224 e. The molecule has 0 saturated carbocycles. The van der Waals surface area contributed by atoms with E-state index in [-0.39, 0.29) is 5.91 Å². The molecule has 0 aliphatic rings. The third-order valence-corrected chi connectivity index (χ3v) is 2.69. The largest absolute Gasteiger partial charge is 0.326 e. The summed E-state index contributed by atoms with van der Waals surface area (Å²) >= 11 is 0. The second-order valence-electron chi connectivity index (χ2n) is 4.17. The van der Waals surface area contributed by atoms with Crippen molar-refractivity contribution in [3.63, 3.8) is 0 Å². The Morgan fingerprint density at radius 1 is 1.32 bits per heavy atom. The highest BCUT2D eigenvalue weighted by Gasteiger charge is 2.03. The molecule has 1 aromatic heterocycles. The Bertz CT molecular complexity index is 506. The monoisotopic (exact) mass is 259 g/mol. The van der Waals surface area contributed by atoms with E-state index >= 15 is 0 Å². The SMILES string of the molecule is CNCCCC(=O)Nc1ccc(-c2ncn[nH]2)cc1. The van der Waals surface area contributed by atoms with Crippen LogP contribution in [-0.4, -0.2) is 34.7 Å². The lowest BCUT2D eigenvalue weighted by molar-refractivity contribution is -0.116. The third kappa shape index (κ3) is 3.89. The molecule has 0 aliphatic carbocycles. The lowest BCUT2D eigenvalue weighted by Crippen LogP contribution is -2.15. The summed E-state index contributed by atoms with van der Waals surface area (Å²) in [6, 6.07) is 7.50. The number of carbonyl (C=O) groups is 1. The van der Waals surface area contributed by atoms with E-state index in [9.17, 15) is 4.79 Å². The smallest absolute Gasteiger partial charge is 0.224 e. The van der Waals surface area contributed by atoms with Crippen LogP contribution in [0, 0.1) is 0 Å². The molecule has 2 aromatic rings. The van der Waals surface area contributed by atoms with Gasteiger partial charge >= 0.3 is 0 Å². The average molecular weight is 259 g/mol. The van der Waals surface area contributed by atoms with Crippen LogP contribution in [0.1, 0.15) is 12.8 Å². The molecule has 100 valence electrons. The van der Waals surface area contributed by atoms with Gasteiger partial charge in [-0.2, -0.15) is 5.10 Å². The van der Waals surface area contributed by atoms with Gasteiger partial charge in [-0.3, -0.25) is 9.89 Å². The second-order valence-corrected chi connectivity index (χ2v) is 4.17. The van der Waals surface area contributed by atoms with Crippen LogP contribution in [0.4, 0.5) is 5.69 Å². The molecule has 1 heterocycles. The van der Waals surface area contributed by atoms with Gasteiger partial charge in [-0.15, -0.1) is 0 Å². The number of hydrogen-bond acceptors (Lipinski definition) is 4. The zero-order chi connectivity index (χ0) is 13.5. The van der Waals surface area contributed by atoms with Gasteiger partial charge in [-0.05, 0) is 44.3 Å². The van der Waals surface area contributed by atoms with Gasteiger partial charge in [0.05, 0.1) is 0 Å². The summed E-state index contributed by atoms with van der Waals surface area (Å²) in [5, 5.41) is 12.5. The fraction of sp³-hybridized carbons (Fsp3) is 0.308. The van der Waals surface area contributed by atoms with Gasteiger partial charge in [0.25, 0.3) is 0 Å². The lowest BCUT2D eigenvalue weighted by Gasteiger charge is -2.05. The summed E-state index contributed by atoms with van der Waals surface area (Å²) in [6.45, 7) is 0.845. The Morgan fingerprint density at radius 3 is 2.74 bits per heavy atom. The van der Waals surface area contributed by atoms with Crippen molar-refractivity contribution in [1.82, 2.24) is 20.5 Å². The first-order chi connectivity index (χ1) is 9.29. The van der Waals surface area contributed by atoms with Crippen molar-refractivity contribution < 1.29 is 4.79 Å². The highest BCUT2D eigenvalue weighted by atomic mass is 16.1. The number of nitrogens with one attached hydrogen (secondary N) is 3. The van der Waals surface area contributed by atoms with Crippen molar-refractivity contribution in [2.24, 2.45) is 0 Å². The molecule has 0 saturated heterocycles. The first-order valence-corrected chi connectivity index (χ1v) is 6.20. The summed E-state index contributed by atoms with van der Waals surface area (Å²) < 4.78 is 0. The number of nitrogens with zero attached hydrogens (tertiary/aromatic N) is 2. The molecule has 0 spiro atoms. The maximum atomic E-state index is 11.6. The molecule has 19 heavy (non-hydrogen) atoms. The van der Waals surface area contributed by atoms with Crippen LogP contribution in [0.2, 0.25) is 0 Å². The van der Waals surface area contributed by atoms with Crippen molar-refractivity contribution in [3.8, 4) is 11.4 Å². The normalized spacial score (nSPS) is 10.4. The number of aromatic amines is 1. The molecule has 6 nitrogen and oxygen atoms in total. The quantitative estimate of drug-likeness (QED) is 0.685. The number of amides is 1. The molecule has 3 N–H and O–H groups in total. The van der Waals surface area contributed by atoms with Gasteiger partial charge in [0, 0.05) is 17.7 Å². The Labute approximate surface area is 111 Å². The first-order valence-electron chi connectivity index (χ1n) is 6.20. The Kier molecular flexibility index (Phi) is 4.63. The van der Waals surface area contributed by atoms with Crippen molar-refractivity contribution in [2.45, 2.75) is 12.8 Å². The van der Waals surface area contributed by atoms with E-state index in [0.29, 0.717) is 12.2 Å². The molecular formula is C13H17N5O. The number of rotatable bonds is 6. The third-order valence-electron chi connectivity index (χ3n) is 2.69. The minimum atomic E-state index is 0.0302. The Balaban J connectivity index is 1.90. The van der Waals surface area contributed by atoms with E-state index in [1.807, 2.05) is 31.3 Å². The van der Waals surface area contributed by atoms with E-state index in [1.165, 1.54) is 6.33 Å². The first kappa shape index (κ1) is 13.2. The Hall–Kier alpha value is -2.21. The van der Waals surface area contributed by atoms with Gasteiger partial charge in [0.15, 0.2) is 5.82 Å². The van der Waals surface area contributed by atoms with Gasteiger partial charge in [-0.25, -0.2) is 4.98 Å². The van der Waals surface area contributed by atoms with Crippen LogP contribution < -0.4 is 10.6 Å². The standard InChI is InChI=1S/C13H17N5O/c1-14-8-2-3-12(19)17-11-6-4-10(5-7-11)13-15-9-16-18-13/h4-7,9,14H,2-3,8H2,1H3,(H,17,19)(H,15,16,18). The molecule has 0 bridgehead atoms. The van der Waals surface area contributed by atoms with Crippen LogP contribution >= 0.6 is 0 Å². The minimum absolute atomic E-state index is 0.0302. The van der Waals surface area contributed by atoms with Crippen LogP contribution in [0.3, 0.4) is 0 Å². The molecule has 2 rings (SSSR count). The van der Waals surface area contributed by atoms with Gasteiger partial charge < -0.3 is 10.6 Å². The maximum absolute atomic E-state index is 11.6. The fourth-order valence-corrected chi connectivity index (χ4v) is 1.71. The van der Waals surface area contributed by atoms with Crippen molar-refractivity contribution in [1.29, 1.82) is 0 Å². The summed E-state index contributed by atoms with van der Waals surface area (Å²) in [5.74, 6) is 0.745. The summed E-state index contributed by atoms with van der Waals surface area (Å²) in [4.78, 5) is 15.7. The van der Waals surface area contributed by atoms with Crippen LogP contribution in [0.25, 0.3) is 11.4 Å². The molecular weight excluding hydrogens is 242 g/mol. The topological polar surface area (TPSA) is 82.7 Å². The fourth-order valence-electron chi connectivity index (χ4n) is 1.71. The van der Waals surface area contributed by atoms with Gasteiger partial charge in [0.2, 0.25) is 5.91 Å². The molecule has 1 aromatic carbocycles. The zero-order valence-corrected chi connectivity index (χ0v) is 10.8. The summed E-state index contributed by atoms with van der Waals surface area (Å²) in [6.07, 6.45) is 2.82. The molecule has 0 radical (unpaired) electrons. The lowest BCUT2D eigenvalue weighted by atomic mass is 10.2. The van der Waals surface area contributed by atoms with Gasteiger partial charge in [-0.1, -0.05) is 0 Å². The number of hydrogen-bond donors (Lipinski definition) is 3. The summed E-state index contributed by atoms with van der Waals surface area (Å²) in [7, 11) is 1.88. The van der Waals surface area contributed by atoms with E-state index in [0.717, 1.165) is 24.2 Å². The van der Waals surface area contributed by atoms with E-state index in [2.05, 4.69) is 25.8 Å². The number of aromatic nitrogens is 3. The van der Waals surface area contributed by atoms with Gasteiger partial charge in [0.1, 0.15) is 6.33 Å². The van der Waals surface area contributed by atoms with Crippen LogP contribution in [-0.2, 0) is 4.79 Å². The minimum Gasteiger partial charge on any atom is -0.326 e. The number of carbonyl (C=O) groups excluding carboxylic acids is 1. The van der Waals surface area contributed by atoms with E-state index < -0.39 is 0 Å². The molecule has 6 heteroatoms. The number of anilines is 1. The van der Waals surface area contributed by atoms with E-state index in [1.54, 1.807) is 0 Å². The van der Waals surface area contributed by atoms with Crippen molar-refractivity contribution in [3.05, 3.63) is 30.6 Å². The highest BCUT2D eigenvalue weighted by Crippen LogP contribution is 2.17. The molecule has 1 amide bonds. The predicted molar refractivity (Wildman–Crippen MR) is 73.6 cm³/mol. The molecule has 0 aliphatic heterocycles.